The van der Waals surface area contributed by atoms with Crippen molar-refractivity contribution in [1.82, 2.24) is 4.72 Å². The average Bonchev–Trinajstić information content (AvgIpc) is 2.60. The van der Waals surface area contributed by atoms with E-state index in [0.29, 0.717) is 18.7 Å². The van der Waals surface area contributed by atoms with E-state index in [1.807, 2.05) is 24.3 Å². The number of hydrogen-bond acceptors (Lipinski definition) is 4. The predicted molar refractivity (Wildman–Crippen MR) is 90.9 cm³/mol. The highest BCUT2D eigenvalue weighted by Gasteiger charge is 2.23. The Morgan fingerprint density at radius 3 is 2.79 bits per heavy atom. The molecule has 1 atom stereocenters. The lowest BCUT2D eigenvalue weighted by Gasteiger charge is -2.26. The molecule has 2 aromatic rings. The van der Waals surface area contributed by atoms with E-state index in [1.54, 1.807) is 12.1 Å². The zero-order valence-electron chi connectivity index (χ0n) is 13.4. The molecule has 2 aromatic carbocycles. The Bertz CT molecular complexity index is 861. The molecule has 126 valence electrons. The number of benzene rings is 2. The van der Waals surface area contributed by atoms with Gasteiger partial charge in [0.2, 0.25) is 10.0 Å². The highest BCUT2D eigenvalue weighted by molar-refractivity contribution is 7.89. The Kier molecular flexibility index (Phi) is 4.69. The maximum Gasteiger partial charge on any atom is 0.240 e. The molecule has 0 radical (unpaired) electrons. The van der Waals surface area contributed by atoms with Crippen molar-refractivity contribution in [3.05, 3.63) is 59.7 Å². The van der Waals surface area contributed by atoms with Crippen molar-refractivity contribution in [2.24, 2.45) is 0 Å². The lowest BCUT2D eigenvalue weighted by Crippen LogP contribution is -2.31. The summed E-state index contributed by atoms with van der Waals surface area (Å²) in [6.45, 7) is 2.29. The number of sulfonamides is 1. The van der Waals surface area contributed by atoms with Crippen LogP contribution in [0.2, 0.25) is 0 Å². The molecule has 1 aliphatic rings. The van der Waals surface area contributed by atoms with Crippen molar-refractivity contribution >= 4 is 15.8 Å². The number of ketones is 1. The molecular formula is C18H19NO4S. The summed E-state index contributed by atoms with van der Waals surface area (Å²) in [5, 5.41) is 0. The fourth-order valence-electron chi connectivity index (χ4n) is 2.80. The third kappa shape index (κ3) is 3.49. The van der Waals surface area contributed by atoms with E-state index >= 15 is 0 Å². The number of ether oxygens (including phenoxy) is 1. The summed E-state index contributed by atoms with van der Waals surface area (Å²) in [6.07, 6.45) is 0.757. The van der Waals surface area contributed by atoms with E-state index in [-0.39, 0.29) is 16.6 Å². The number of rotatable bonds is 5. The minimum absolute atomic E-state index is 0.0701. The number of hydrogen-bond donors (Lipinski definition) is 1. The van der Waals surface area contributed by atoms with E-state index < -0.39 is 10.0 Å². The van der Waals surface area contributed by atoms with Crippen LogP contribution in [-0.4, -0.2) is 27.4 Å². The van der Waals surface area contributed by atoms with Crippen LogP contribution < -0.4 is 9.46 Å². The molecule has 0 fully saturated rings. The summed E-state index contributed by atoms with van der Waals surface area (Å²) in [5.74, 6) is 0.720. The maximum atomic E-state index is 12.5. The van der Waals surface area contributed by atoms with Gasteiger partial charge in [0.1, 0.15) is 5.75 Å². The van der Waals surface area contributed by atoms with Gasteiger partial charge in [0.25, 0.3) is 0 Å². The van der Waals surface area contributed by atoms with Crippen LogP contribution in [0.1, 0.15) is 35.2 Å². The van der Waals surface area contributed by atoms with Gasteiger partial charge < -0.3 is 4.74 Å². The van der Waals surface area contributed by atoms with Crippen LogP contribution in [0.25, 0.3) is 0 Å². The van der Waals surface area contributed by atoms with Gasteiger partial charge in [-0.2, -0.15) is 0 Å². The van der Waals surface area contributed by atoms with Crippen LogP contribution in [0.4, 0.5) is 0 Å². The quantitative estimate of drug-likeness (QED) is 0.846. The molecule has 0 aliphatic carbocycles. The van der Waals surface area contributed by atoms with Crippen molar-refractivity contribution in [3.8, 4) is 5.75 Å². The summed E-state index contributed by atoms with van der Waals surface area (Å²) < 4.78 is 33.3. The maximum absolute atomic E-state index is 12.5. The Hall–Kier alpha value is -2.18. The summed E-state index contributed by atoms with van der Waals surface area (Å²) in [7, 11) is -3.66. The van der Waals surface area contributed by atoms with Crippen LogP contribution in [0.3, 0.4) is 0 Å². The van der Waals surface area contributed by atoms with E-state index in [4.69, 9.17) is 4.74 Å². The Morgan fingerprint density at radius 1 is 1.21 bits per heavy atom. The van der Waals surface area contributed by atoms with Gasteiger partial charge >= 0.3 is 0 Å². The Labute approximate surface area is 141 Å². The molecule has 24 heavy (non-hydrogen) atoms. The van der Waals surface area contributed by atoms with Gasteiger partial charge in [-0.3, -0.25) is 4.79 Å². The molecule has 0 saturated heterocycles. The van der Waals surface area contributed by atoms with E-state index in [0.717, 1.165) is 17.7 Å². The molecule has 0 saturated carbocycles. The van der Waals surface area contributed by atoms with E-state index in [9.17, 15) is 13.2 Å². The second-order valence-corrected chi connectivity index (χ2v) is 7.57. The monoisotopic (exact) mass is 345 g/mol. The minimum atomic E-state index is -3.66. The zero-order chi connectivity index (χ0) is 17.2. The van der Waals surface area contributed by atoms with Gasteiger partial charge in [-0.15, -0.1) is 0 Å². The molecule has 0 amide bonds. The van der Waals surface area contributed by atoms with Gasteiger partial charge in [0, 0.05) is 18.0 Å². The fourth-order valence-corrected chi connectivity index (χ4v) is 3.93. The Balaban J connectivity index is 1.77. The first-order chi connectivity index (χ1) is 11.5. The number of para-hydroxylation sites is 1. The average molecular weight is 345 g/mol. The molecule has 3 rings (SSSR count). The number of Topliss-reactive ketones (excluding diaryl/α,β-unsaturated/α-hetero) is 1. The van der Waals surface area contributed by atoms with Crippen molar-refractivity contribution in [2.45, 2.75) is 24.2 Å². The first-order valence-corrected chi connectivity index (χ1v) is 9.28. The fraction of sp³-hybridized carbons (Fsp3) is 0.278. The lowest BCUT2D eigenvalue weighted by atomic mass is 9.93. The smallest absolute Gasteiger partial charge is 0.240 e. The molecule has 0 aromatic heterocycles. The molecular weight excluding hydrogens is 326 g/mol. The van der Waals surface area contributed by atoms with Crippen molar-refractivity contribution < 1.29 is 17.9 Å². The highest BCUT2D eigenvalue weighted by Crippen LogP contribution is 2.33. The molecule has 0 bridgehead atoms. The lowest BCUT2D eigenvalue weighted by molar-refractivity contribution is 0.101. The molecule has 6 heteroatoms. The van der Waals surface area contributed by atoms with Crippen molar-refractivity contribution in [1.29, 1.82) is 0 Å². The summed E-state index contributed by atoms with van der Waals surface area (Å²) in [4.78, 5) is 11.5. The van der Waals surface area contributed by atoms with Gasteiger partial charge in [-0.1, -0.05) is 30.3 Å². The largest absolute Gasteiger partial charge is 0.493 e. The van der Waals surface area contributed by atoms with Crippen LogP contribution >= 0.6 is 0 Å². The van der Waals surface area contributed by atoms with Gasteiger partial charge in [-0.25, -0.2) is 13.1 Å². The SMILES string of the molecule is CC(=O)c1cccc(S(=O)(=O)NCC2CCOc3ccccc32)c1. The van der Waals surface area contributed by atoms with Crippen LogP contribution in [0.5, 0.6) is 5.75 Å². The van der Waals surface area contributed by atoms with Gasteiger partial charge in [-0.05, 0) is 37.1 Å². The highest BCUT2D eigenvalue weighted by atomic mass is 32.2. The standard InChI is InChI=1S/C18H19NO4S/c1-13(20)14-5-4-6-16(11-14)24(21,22)19-12-15-9-10-23-18-8-3-2-7-17(15)18/h2-8,11,15,19H,9-10,12H2,1H3. The normalized spacial score (nSPS) is 17.0. The Morgan fingerprint density at radius 2 is 2.00 bits per heavy atom. The van der Waals surface area contributed by atoms with Gasteiger partial charge in [0.05, 0.1) is 11.5 Å². The first-order valence-electron chi connectivity index (χ1n) is 7.80. The summed E-state index contributed by atoms with van der Waals surface area (Å²) in [6, 6.07) is 13.8. The van der Waals surface area contributed by atoms with Crippen LogP contribution in [0, 0.1) is 0 Å². The number of fused-ring (bicyclic) bond motifs is 1. The molecule has 1 aliphatic heterocycles. The number of carbonyl (C=O) groups is 1. The van der Waals surface area contributed by atoms with E-state index in [2.05, 4.69) is 4.72 Å². The zero-order valence-corrected chi connectivity index (χ0v) is 14.2. The molecule has 1 N–H and O–H groups in total. The summed E-state index contributed by atoms with van der Waals surface area (Å²) in [5.41, 5.74) is 1.40. The molecule has 5 nitrogen and oxygen atoms in total. The number of nitrogens with one attached hydrogen (secondary N) is 1. The molecule has 1 heterocycles. The third-order valence-electron chi connectivity index (χ3n) is 4.15. The summed E-state index contributed by atoms with van der Waals surface area (Å²) >= 11 is 0. The molecule has 0 spiro atoms. The van der Waals surface area contributed by atoms with Crippen molar-refractivity contribution in [3.63, 3.8) is 0 Å². The van der Waals surface area contributed by atoms with Gasteiger partial charge in [0.15, 0.2) is 5.78 Å². The third-order valence-corrected chi connectivity index (χ3v) is 5.57. The van der Waals surface area contributed by atoms with Crippen molar-refractivity contribution in [2.75, 3.05) is 13.2 Å². The second kappa shape index (κ2) is 6.75. The second-order valence-electron chi connectivity index (χ2n) is 5.81. The van der Waals surface area contributed by atoms with E-state index in [1.165, 1.54) is 19.1 Å². The predicted octanol–water partition coefficient (Wildman–Crippen LogP) is 2.73. The minimum Gasteiger partial charge on any atom is -0.493 e. The molecule has 1 unspecified atom stereocenters. The van der Waals surface area contributed by atoms with Crippen LogP contribution in [-0.2, 0) is 10.0 Å². The number of carbonyl (C=O) groups excluding carboxylic acids is 1. The first kappa shape index (κ1) is 16.7. The van der Waals surface area contributed by atoms with Crippen LogP contribution in [0.15, 0.2) is 53.4 Å². The topological polar surface area (TPSA) is 72.5 Å².